The lowest BCUT2D eigenvalue weighted by molar-refractivity contribution is -0.120. The van der Waals surface area contributed by atoms with Gasteiger partial charge >= 0.3 is 0 Å². The summed E-state index contributed by atoms with van der Waals surface area (Å²) in [6, 6.07) is -0.280. The molecule has 0 spiro atoms. The van der Waals surface area contributed by atoms with Crippen molar-refractivity contribution in [1.29, 1.82) is 0 Å². The van der Waals surface area contributed by atoms with Crippen LogP contribution in [0.25, 0.3) is 0 Å². The summed E-state index contributed by atoms with van der Waals surface area (Å²) in [7, 11) is 0. The molecule has 110 valence electrons. The molecular weight excluding hydrogens is 273 g/mol. The van der Waals surface area contributed by atoms with Crippen molar-refractivity contribution in [1.82, 2.24) is 5.32 Å². The van der Waals surface area contributed by atoms with Gasteiger partial charge in [0.2, 0.25) is 5.91 Å². The Kier molecular flexibility index (Phi) is 5.12. The Morgan fingerprint density at radius 1 is 1.25 bits per heavy atom. The van der Waals surface area contributed by atoms with Crippen molar-refractivity contribution in [2.45, 2.75) is 26.3 Å². The lowest BCUT2D eigenvalue weighted by atomic mass is 9.98. The number of nitrogens with one attached hydrogen (secondary N) is 1. The number of benzene rings is 1. The molecular formula is C13H15F3N2O2. The van der Waals surface area contributed by atoms with E-state index in [4.69, 9.17) is 5.73 Å². The van der Waals surface area contributed by atoms with Gasteiger partial charge in [0.05, 0.1) is 0 Å². The molecule has 0 aliphatic heterocycles. The maximum atomic E-state index is 13.4. The number of primary amides is 1. The first-order valence-electron chi connectivity index (χ1n) is 6.02. The minimum Gasteiger partial charge on any atom is -0.368 e. The van der Waals surface area contributed by atoms with Crippen LogP contribution in [0.2, 0.25) is 0 Å². The molecule has 0 bridgehead atoms. The standard InChI is InChI=1S/C13H15F3N2O2/c1-3-6(2)11(12(17)19)18-13(20)10-8(15)4-7(14)5-9(10)16/h4-6,11H,3H2,1-2H3,(H2,17,19)(H,18,20)/t6-,11+/m0/s1. The van der Waals surface area contributed by atoms with Gasteiger partial charge in [-0.05, 0) is 5.92 Å². The SMILES string of the molecule is CC[C@H](C)[C@@H](NC(=O)c1c(F)cc(F)cc1F)C(N)=O. The molecule has 7 heteroatoms. The second-order valence-corrected chi connectivity index (χ2v) is 4.48. The van der Waals surface area contributed by atoms with E-state index in [1.807, 2.05) is 0 Å². The van der Waals surface area contributed by atoms with Crippen molar-refractivity contribution in [3.8, 4) is 0 Å². The Labute approximate surface area is 114 Å². The molecule has 2 amide bonds. The summed E-state index contributed by atoms with van der Waals surface area (Å²) < 4.78 is 39.6. The number of carbonyl (C=O) groups is 2. The summed E-state index contributed by atoms with van der Waals surface area (Å²) in [5.74, 6) is -6.08. The summed E-state index contributed by atoms with van der Waals surface area (Å²) in [6.07, 6.45) is 0.530. The van der Waals surface area contributed by atoms with E-state index < -0.39 is 40.9 Å². The van der Waals surface area contributed by atoms with Gasteiger partial charge in [-0.15, -0.1) is 0 Å². The molecule has 1 rings (SSSR count). The summed E-state index contributed by atoms with van der Waals surface area (Å²) >= 11 is 0. The summed E-state index contributed by atoms with van der Waals surface area (Å²) in [5.41, 5.74) is 4.20. The highest BCUT2D eigenvalue weighted by molar-refractivity contribution is 5.97. The largest absolute Gasteiger partial charge is 0.368 e. The number of carbonyl (C=O) groups excluding carboxylic acids is 2. The third kappa shape index (κ3) is 3.49. The molecule has 2 atom stereocenters. The zero-order valence-corrected chi connectivity index (χ0v) is 11.0. The van der Waals surface area contributed by atoms with E-state index in [9.17, 15) is 22.8 Å². The van der Waals surface area contributed by atoms with Crippen LogP contribution in [0.5, 0.6) is 0 Å². The molecule has 1 aromatic rings. The van der Waals surface area contributed by atoms with Gasteiger partial charge in [-0.2, -0.15) is 0 Å². The Hall–Kier alpha value is -2.05. The smallest absolute Gasteiger partial charge is 0.257 e. The van der Waals surface area contributed by atoms with Gasteiger partial charge in [0.1, 0.15) is 29.1 Å². The van der Waals surface area contributed by atoms with Gasteiger partial charge in [-0.3, -0.25) is 9.59 Å². The Balaban J connectivity index is 3.04. The van der Waals surface area contributed by atoms with E-state index in [1.54, 1.807) is 13.8 Å². The average molecular weight is 288 g/mol. The van der Waals surface area contributed by atoms with Crippen molar-refractivity contribution < 1.29 is 22.8 Å². The minimum atomic E-state index is -1.34. The fourth-order valence-corrected chi connectivity index (χ4v) is 1.70. The molecule has 0 aliphatic carbocycles. The van der Waals surface area contributed by atoms with E-state index in [2.05, 4.69) is 5.32 Å². The average Bonchev–Trinajstić information content (AvgIpc) is 2.33. The maximum Gasteiger partial charge on any atom is 0.257 e. The van der Waals surface area contributed by atoms with Crippen LogP contribution in [0.3, 0.4) is 0 Å². The van der Waals surface area contributed by atoms with Crippen LogP contribution >= 0.6 is 0 Å². The van der Waals surface area contributed by atoms with Crippen molar-refractivity contribution in [2.75, 3.05) is 0 Å². The molecule has 0 unspecified atom stereocenters. The molecule has 20 heavy (non-hydrogen) atoms. The number of halogens is 3. The van der Waals surface area contributed by atoms with Crippen LogP contribution in [0.15, 0.2) is 12.1 Å². The molecule has 3 N–H and O–H groups in total. The van der Waals surface area contributed by atoms with Crippen molar-refractivity contribution in [2.24, 2.45) is 11.7 Å². The normalized spacial score (nSPS) is 13.7. The molecule has 0 saturated carbocycles. The highest BCUT2D eigenvalue weighted by Gasteiger charge is 2.27. The number of hydrogen-bond donors (Lipinski definition) is 2. The molecule has 0 radical (unpaired) electrons. The zero-order chi connectivity index (χ0) is 15.4. The predicted molar refractivity (Wildman–Crippen MR) is 66.2 cm³/mol. The van der Waals surface area contributed by atoms with Gasteiger partial charge in [-0.25, -0.2) is 13.2 Å². The fourth-order valence-electron chi connectivity index (χ4n) is 1.70. The third-order valence-corrected chi connectivity index (χ3v) is 3.04. The number of nitrogens with two attached hydrogens (primary N) is 1. The van der Waals surface area contributed by atoms with Gasteiger partial charge in [0.15, 0.2) is 0 Å². The van der Waals surface area contributed by atoms with Gasteiger partial charge in [-0.1, -0.05) is 20.3 Å². The van der Waals surface area contributed by atoms with E-state index in [0.717, 1.165) is 0 Å². The zero-order valence-electron chi connectivity index (χ0n) is 11.0. The van der Waals surface area contributed by atoms with Crippen LogP contribution in [-0.4, -0.2) is 17.9 Å². The molecule has 0 aromatic heterocycles. The van der Waals surface area contributed by atoms with Gasteiger partial charge in [0, 0.05) is 12.1 Å². The first kappa shape index (κ1) is 16.0. The lowest BCUT2D eigenvalue weighted by Crippen LogP contribution is -2.48. The van der Waals surface area contributed by atoms with Crippen LogP contribution in [0.1, 0.15) is 30.6 Å². The molecule has 4 nitrogen and oxygen atoms in total. The monoisotopic (exact) mass is 288 g/mol. The van der Waals surface area contributed by atoms with E-state index in [-0.39, 0.29) is 5.92 Å². The molecule has 1 aromatic carbocycles. The molecule has 0 fully saturated rings. The Bertz CT molecular complexity index is 511. The van der Waals surface area contributed by atoms with Crippen LogP contribution in [0.4, 0.5) is 13.2 Å². The topological polar surface area (TPSA) is 72.2 Å². The lowest BCUT2D eigenvalue weighted by Gasteiger charge is -2.21. The van der Waals surface area contributed by atoms with E-state index in [0.29, 0.717) is 18.6 Å². The van der Waals surface area contributed by atoms with Gasteiger partial charge in [0.25, 0.3) is 5.91 Å². The van der Waals surface area contributed by atoms with Crippen LogP contribution in [0, 0.1) is 23.4 Å². The highest BCUT2D eigenvalue weighted by atomic mass is 19.1. The van der Waals surface area contributed by atoms with Crippen molar-refractivity contribution in [3.63, 3.8) is 0 Å². The minimum absolute atomic E-state index is 0.303. The first-order chi connectivity index (χ1) is 9.27. The Morgan fingerprint density at radius 2 is 1.75 bits per heavy atom. The third-order valence-electron chi connectivity index (χ3n) is 3.04. The molecule has 0 aliphatic rings. The number of hydrogen-bond acceptors (Lipinski definition) is 2. The Morgan fingerprint density at radius 3 is 2.15 bits per heavy atom. The van der Waals surface area contributed by atoms with Crippen molar-refractivity contribution in [3.05, 3.63) is 35.1 Å². The predicted octanol–water partition coefficient (Wildman–Crippen LogP) is 1.73. The highest BCUT2D eigenvalue weighted by Crippen LogP contribution is 2.16. The van der Waals surface area contributed by atoms with Crippen LogP contribution in [-0.2, 0) is 4.79 Å². The number of amides is 2. The second kappa shape index (κ2) is 6.40. The second-order valence-electron chi connectivity index (χ2n) is 4.48. The summed E-state index contributed by atoms with van der Waals surface area (Å²) in [5, 5.41) is 2.17. The van der Waals surface area contributed by atoms with Crippen molar-refractivity contribution >= 4 is 11.8 Å². The van der Waals surface area contributed by atoms with E-state index in [1.165, 1.54) is 0 Å². The fraction of sp³-hybridized carbons (Fsp3) is 0.385. The van der Waals surface area contributed by atoms with E-state index >= 15 is 0 Å². The first-order valence-corrected chi connectivity index (χ1v) is 6.02. The van der Waals surface area contributed by atoms with Gasteiger partial charge < -0.3 is 11.1 Å². The van der Waals surface area contributed by atoms with Crippen LogP contribution < -0.4 is 11.1 Å². The maximum absolute atomic E-state index is 13.4. The number of rotatable bonds is 5. The molecule has 0 heterocycles. The molecule has 0 saturated heterocycles. The quantitative estimate of drug-likeness (QED) is 0.866. The summed E-state index contributed by atoms with van der Waals surface area (Å²) in [6.45, 7) is 3.43. The summed E-state index contributed by atoms with van der Waals surface area (Å²) in [4.78, 5) is 23.1.